The Labute approximate surface area is 98.9 Å². The van der Waals surface area contributed by atoms with E-state index in [-0.39, 0.29) is 5.82 Å². The molecule has 0 radical (unpaired) electrons. The smallest absolute Gasteiger partial charge is 0.151 e. The zero-order valence-corrected chi connectivity index (χ0v) is 9.66. The molecule has 5 heteroatoms. The van der Waals surface area contributed by atoms with Gasteiger partial charge in [-0.1, -0.05) is 0 Å². The number of nitrogens with one attached hydrogen (secondary N) is 2. The van der Waals surface area contributed by atoms with E-state index in [9.17, 15) is 4.39 Å². The summed E-state index contributed by atoms with van der Waals surface area (Å²) in [4.78, 5) is 8.25. The minimum Gasteiger partial charge on any atom is -0.372 e. The minimum absolute atomic E-state index is 0.273. The Bertz CT molecular complexity index is 507. The van der Waals surface area contributed by atoms with Crippen molar-refractivity contribution in [2.75, 3.05) is 17.7 Å². The number of aryl methyl sites for hydroxylation is 1. The van der Waals surface area contributed by atoms with Crippen molar-refractivity contribution in [2.24, 2.45) is 0 Å². The van der Waals surface area contributed by atoms with Crippen LogP contribution in [0.2, 0.25) is 0 Å². The highest BCUT2D eigenvalue weighted by Gasteiger charge is 2.01. The summed E-state index contributed by atoms with van der Waals surface area (Å²) >= 11 is 0. The number of hydrogen-bond donors (Lipinski definition) is 2. The van der Waals surface area contributed by atoms with Crippen LogP contribution in [0.1, 0.15) is 5.56 Å². The van der Waals surface area contributed by atoms with Gasteiger partial charge < -0.3 is 10.6 Å². The van der Waals surface area contributed by atoms with E-state index < -0.39 is 0 Å². The number of hydrogen-bond acceptors (Lipinski definition) is 4. The summed E-state index contributed by atoms with van der Waals surface area (Å²) in [6, 6.07) is 4.73. The van der Waals surface area contributed by atoms with Gasteiger partial charge in [0.05, 0.1) is 12.4 Å². The van der Waals surface area contributed by atoms with Crippen LogP contribution in [0.15, 0.2) is 30.6 Å². The summed E-state index contributed by atoms with van der Waals surface area (Å²) in [5, 5.41) is 5.89. The molecule has 1 aromatic carbocycles. The van der Waals surface area contributed by atoms with Crippen LogP contribution in [-0.4, -0.2) is 17.0 Å². The first-order chi connectivity index (χ1) is 8.17. The minimum atomic E-state index is -0.273. The lowest BCUT2D eigenvalue weighted by Crippen LogP contribution is -1.99. The number of rotatable bonds is 3. The van der Waals surface area contributed by atoms with Crippen molar-refractivity contribution in [3.63, 3.8) is 0 Å². The van der Waals surface area contributed by atoms with Crippen LogP contribution in [0.5, 0.6) is 0 Å². The summed E-state index contributed by atoms with van der Waals surface area (Å²) in [7, 11) is 1.76. The van der Waals surface area contributed by atoms with Crippen molar-refractivity contribution in [2.45, 2.75) is 6.92 Å². The van der Waals surface area contributed by atoms with Crippen molar-refractivity contribution in [3.8, 4) is 0 Å². The van der Waals surface area contributed by atoms with Crippen LogP contribution in [0, 0.1) is 12.7 Å². The van der Waals surface area contributed by atoms with Gasteiger partial charge in [-0.05, 0) is 30.7 Å². The average Bonchev–Trinajstić information content (AvgIpc) is 2.28. The standard InChI is InChI=1S/C12H13FN4/c1-8-3-9(13)5-10(4-8)16-12-7-15-6-11(14-2)17-12/h3-7H,1-2H3,(H2,14,16,17). The van der Waals surface area contributed by atoms with Crippen molar-refractivity contribution >= 4 is 17.3 Å². The molecule has 2 rings (SSSR count). The predicted molar refractivity (Wildman–Crippen MR) is 66.0 cm³/mol. The fourth-order valence-electron chi connectivity index (χ4n) is 1.50. The number of anilines is 3. The largest absolute Gasteiger partial charge is 0.372 e. The molecule has 0 saturated carbocycles. The van der Waals surface area contributed by atoms with E-state index in [4.69, 9.17) is 0 Å². The zero-order chi connectivity index (χ0) is 12.3. The Morgan fingerprint density at radius 1 is 1.12 bits per heavy atom. The molecule has 0 saturated heterocycles. The van der Waals surface area contributed by atoms with Gasteiger partial charge in [-0.2, -0.15) is 0 Å². The third kappa shape index (κ3) is 2.90. The van der Waals surface area contributed by atoms with Crippen LogP contribution < -0.4 is 10.6 Å². The van der Waals surface area contributed by atoms with Crippen LogP contribution in [0.4, 0.5) is 21.7 Å². The molecule has 0 aliphatic heterocycles. The van der Waals surface area contributed by atoms with Crippen LogP contribution in [0.3, 0.4) is 0 Å². The molecule has 0 spiro atoms. The maximum Gasteiger partial charge on any atom is 0.151 e. The first kappa shape index (κ1) is 11.3. The van der Waals surface area contributed by atoms with Gasteiger partial charge in [0.2, 0.25) is 0 Å². The molecule has 0 aliphatic carbocycles. The quantitative estimate of drug-likeness (QED) is 0.854. The normalized spacial score (nSPS) is 10.1. The summed E-state index contributed by atoms with van der Waals surface area (Å²) in [6.07, 6.45) is 3.20. The highest BCUT2D eigenvalue weighted by atomic mass is 19.1. The molecule has 2 aromatic rings. The molecule has 1 heterocycles. The van der Waals surface area contributed by atoms with Gasteiger partial charge in [-0.3, -0.25) is 4.98 Å². The molecule has 4 nitrogen and oxygen atoms in total. The van der Waals surface area contributed by atoms with Crippen LogP contribution >= 0.6 is 0 Å². The second-order valence-corrected chi connectivity index (χ2v) is 3.68. The Kier molecular flexibility index (Phi) is 3.18. The molecule has 0 amide bonds. The third-order valence-corrected chi connectivity index (χ3v) is 2.21. The molecule has 0 bridgehead atoms. The van der Waals surface area contributed by atoms with E-state index in [1.54, 1.807) is 19.4 Å². The SMILES string of the molecule is CNc1cncc(Nc2cc(C)cc(F)c2)n1. The lowest BCUT2D eigenvalue weighted by atomic mass is 10.2. The van der Waals surface area contributed by atoms with Crippen molar-refractivity contribution in [1.82, 2.24) is 9.97 Å². The number of aromatic nitrogens is 2. The summed E-state index contributed by atoms with van der Waals surface area (Å²) in [6.45, 7) is 1.84. The molecule has 1 aromatic heterocycles. The van der Waals surface area contributed by atoms with Crippen molar-refractivity contribution in [1.29, 1.82) is 0 Å². The van der Waals surface area contributed by atoms with Crippen LogP contribution in [-0.2, 0) is 0 Å². The van der Waals surface area contributed by atoms with Gasteiger partial charge in [0.15, 0.2) is 5.82 Å². The first-order valence-corrected chi connectivity index (χ1v) is 5.21. The van der Waals surface area contributed by atoms with Gasteiger partial charge in [-0.15, -0.1) is 0 Å². The second-order valence-electron chi connectivity index (χ2n) is 3.68. The number of nitrogens with zero attached hydrogens (tertiary/aromatic N) is 2. The van der Waals surface area contributed by atoms with E-state index >= 15 is 0 Å². The lowest BCUT2D eigenvalue weighted by molar-refractivity contribution is 0.627. The molecule has 17 heavy (non-hydrogen) atoms. The molecule has 2 N–H and O–H groups in total. The average molecular weight is 232 g/mol. The Morgan fingerprint density at radius 2 is 1.88 bits per heavy atom. The number of halogens is 1. The fraction of sp³-hybridized carbons (Fsp3) is 0.167. The Morgan fingerprint density at radius 3 is 2.59 bits per heavy atom. The Balaban J connectivity index is 2.24. The van der Waals surface area contributed by atoms with Gasteiger partial charge in [0.1, 0.15) is 11.6 Å². The van der Waals surface area contributed by atoms with Gasteiger partial charge in [0.25, 0.3) is 0 Å². The lowest BCUT2D eigenvalue weighted by Gasteiger charge is -2.07. The third-order valence-electron chi connectivity index (χ3n) is 2.21. The van der Waals surface area contributed by atoms with Crippen molar-refractivity contribution < 1.29 is 4.39 Å². The van der Waals surface area contributed by atoms with E-state index in [2.05, 4.69) is 20.6 Å². The van der Waals surface area contributed by atoms with Gasteiger partial charge in [0, 0.05) is 12.7 Å². The summed E-state index contributed by atoms with van der Waals surface area (Å²) < 4.78 is 13.2. The van der Waals surface area contributed by atoms with E-state index in [0.29, 0.717) is 17.3 Å². The summed E-state index contributed by atoms with van der Waals surface area (Å²) in [5.74, 6) is 0.954. The van der Waals surface area contributed by atoms with Gasteiger partial charge >= 0.3 is 0 Å². The number of benzene rings is 1. The maximum atomic E-state index is 13.2. The zero-order valence-electron chi connectivity index (χ0n) is 9.66. The maximum absolute atomic E-state index is 13.2. The second kappa shape index (κ2) is 4.78. The fourth-order valence-corrected chi connectivity index (χ4v) is 1.50. The topological polar surface area (TPSA) is 49.8 Å². The highest BCUT2D eigenvalue weighted by molar-refractivity contribution is 5.57. The molecular weight excluding hydrogens is 219 g/mol. The predicted octanol–water partition coefficient (Wildman–Crippen LogP) is 2.71. The first-order valence-electron chi connectivity index (χ1n) is 5.21. The van der Waals surface area contributed by atoms with Gasteiger partial charge in [-0.25, -0.2) is 9.37 Å². The molecule has 0 aliphatic rings. The molecular formula is C12H13FN4. The molecule has 0 atom stereocenters. The van der Waals surface area contributed by atoms with Crippen LogP contribution in [0.25, 0.3) is 0 Å². The molecule has 0 unspecified atom stereocenters. The summed E-state index contributed by atoms with van der Waals surface area (Å²) in [5.41, 5.74) is 1.51. The highest BCUT2D eigenvalue weighted by Crippen LogP contribution is 2.18. The molecule has 0 fully saturated rings. The molecule has 88 valence electrons. The monoisotopic (exact) mass is 232 g/mol. The van der Waals surface area contributed by atoms with E-state index in [1.165, 1.54) is 12.1 Å². The van der Waals surface area contributed by atoms with Crippen molar-refractivity contribution in [3.05, 3.63) is 42.0 Å². The Hall–Kier alpha value is -2.17. The van der Waals surface area contributed by atoms with E-state index in [0.717, 1.165) is 5.56 Å². The van der Waals surface area contributed by atoms with E-state index in [1.807, 2.05) is 13.0 Å².